The van der Waals surface area contributed by atoms with Crippen molar-refractivity contribution >= 4 is 23.5 Å². The van der Waals surface area contributed by atoms with Crippen LogP contribution in [0.25, 0.3) is 0 Å². The van der Waals surface area contributed by atoms with Gasteiger partial charge in [-0.25, -0.2) is 4.79 Å². The number of nitrogens with zero attached hydrogens (tertiary/aromatic N) is 2. The fraction of sp³-hybridized carbons (Fsp3) is 0.458. The number of nitrogens with one attached hydrogen (secondary N) is 1. The van der Waals surface area contributed by atoms with E-state index in [2.05, 4.69) is 12.2 Å². The molecule has 7 nitrogen and oxygen atoms in total. The van der Waals surface area contributed by atoms with Gasteiger partial charge in [0.05, 0.1) is 17.9 Å². The Bertz CT molecular complexity index is 983. The normalized spacial score (nSPS) is 23.2. The number of anilines is 1. The lowest BCUT2D eigenvalue weighted by Crippen LogP contribution is -2.52. The Kier molecular flexibility index (Phi) is 6.11. The second kappa shape index (κ2) is 8.96. The number of esters is 1. The SMILES string of the molecule is CCOC(=O)c1cccc(N2C(=O)Cn3cccc3[C@@H]2C(=O)N[C@H]2CCCC[C@@H]2C)c1. The van der Waals surface area contributed by atoms with Gasteiger partial charge >= 0.3 is 5.97 Å². The van der Waals surface area contributed by atoms with Gasteiger partial charge < -0.3 is 14.6 Å². The van der Waals surface area contributed by atoms with Gasteiger partial charge in [-0.05, 0) is 56.0 Å². The summed E-state index contributed by atoms with van der Waals surface area (Å²) in [5, 5.41) is 3.21. The summed E-state index contributed by atoms with van der Waals surface area (Å²) in [6, 6.07) is 9.78. The van der Waals surface area contributed by atoms with Crippen molar-refractivity contribution in [2.24, 2.45) is 5.92 Å². The number of rotatable bonds is 5. The van der Waals surface area contributed by atoms with Crippen LogP contribution in [0.5, 0.6) is 0 Å². The Hall–Kier alpha value is -3.09. The van der Waals surface area contributed by atoms with Crippen LogP contribution in [0.1, 0.15) is 61.6 Å². The van der Waals surface area contributed by atoms with Crippen molar-refractivity contribution in [2.45, 2.75) is 58.2 Å². The van der Waals surface area contributed by atoms with E-state index in [4.69, 9.17) is 4.74 Å². The summed E-state index contributed by atoms with van der Waals surface area (Å²) in [5.74, 6) is -0.423. The first-order valence-corrected chi connectivity index (χ1v) is 11.0. The van der Waals surface area contributed by atoms with Crippen LogP contribution in [0.4, 0.5) is 5.69 Å². The number of aromatic nitrogens is 1. The maximum absolute atomic E-state index is 13.5. The Morgan fingerprint density at radius 3 is 2.74 bits per heavy atom. The number of hydrogen-bond donors (Lipinski definition) is 1. The van der Waals surface area contributed by atoms with E-state index in [-0.39, 0.29) is 31.0 Å². The average Bonchev–Trinajstić information content (AvgIpc) is 3.22. The third-order valence-electron chi connectivity index (χ3n) is 6.30. The predicted molar refractivity (Wildman–Crippen MR) is 117 cm³/mol. The number of carbonyl (C=O) groups is 3. The van der Waals surface area contributed by atoms with Gasteiger partial charge in [-0.2, -0.15) is 0 Å². The topological polar surface area (TPSA) is 80.6 Å². The fourth-order valence-electron chi connectivity index (χ4n) is 4.65. The number of benzene rings is 1. The van der Waals surface area contributed by atoms with Crippen LogP contribution >= 0.6 is 0 Å². The number of amides is 2. The predicted octanol–water partition coefficient (Wildman–Crippen LogP) is 3.45. The molecule has 2 heterocycles. The minimum Gasteiger partial charge on any atom is -0.462 e. The van der Waals surface area contributed by atoms with Crippen LogP contribution in [0.3, 0.4) is 0 Å². The first-order chi connectivity index (χ1) is 15.0. The molecule has 31 heavy (non-hydrogen) atoms. The molecule has 7 heteroatoms. The molecular formula is C24H29N3O4. The Morgan fingerprint density at radius 1 is 1.16 bits per heavy atom. The molecule has 1 saturated carbocycles. The first kappa shape index (κ1) is 21.2. The van der Waals surface area contributed by atoms with Gasteiger partial charge in [0.15, 0.2) is 6.04 Å². The highest BCUT2D eigenvalue weighted by Crippen LogP contribution is 2.33. The summed E-state index contributed by atoms with van der Waals surface area (Å²) in [6.07, 6.45) is 6.15. The number of hydrogen-bond acceptors (Lipinski definition) is 4. The third kappa shape index (κ3) is 4.22. The summed E-state index contributed by atoms with van der Waals surface area (Å²) in [5.41, 5.74) is 1.63. The van der Waals surface area contributed by atoms with Gasteiger partial charge in [0.2, 0.25) is 11.8 Å². The lowest BCUT2D eigenvalue weighted by atomic mass is 9.85. The number of ether oxygens (including phenoxy) is 1. The van der Waals surface area contributed by atoms with Crippen LogP contribution in [-0.4, -0.2) is 35.0 Å². The molecular weight excluding hydrogens is 394 g/mol. The molecule has 0 unspecified atom stereocenters. The molecule has 3 atom stereocenters. The maximum Gasteiger partial charge on any atom is 0.338 e. The third-order valence-corrected chi connectivity index (χ3v) is 6.30. The molecule has 2 aliphatic rings. The molecule has 1 aromatic heterocycles. The Labute approximate surface area is 182 Å². The molecule has 1 aliphatic heterocycles. The second-order valence-corrected chi connectivity index (χ2v) is 8.37. The molecule has 164 valence electrons. The van der Waals surface area contributed by atoms with Gasteiger partial charge in [-0.1, -0.05) is 25.8 Å². The summed E-state index contributed by atoms with van der Waals surface area (Å²) in [7, 11) is 0. The van der Waals surface area contributed by atoms with Crippen LogP contribution < -0.4 is 10.2 Å². The van der Waals surface area contributed by atoms with E-state index in [0.717, 1.165) is 25.0 Å². The van der Waals surface area contributed by atoms with Gasteiger partial charge in [-0.3, -0.25) is 14.5 Å². The van der Waals surface area contributed by atoms with Crippen molar-refractivity contribution in [3.05, 3.63) is 53.9 Å². The van der Waals surface area contributed by atoms with E-state index in [1.54, 1.807) is 31.2 Å². The molecule has 0 saturated heterocycles. The first-order valence-electron chi connectivity index (χ1n) is 11.0. The quantitative estimate of drug-likeness (QED) is 0.747. The summed E-state index contributed by atoms with van der Waals surface area (Å²) < 4.78 is 6.92. The smallest absolute Gasteiger partial charge is 0.338 e. The van der Waals surface area contributed by atoms with E-state index >= 15 is 0 Å². The van der Waals surface area contributed by atoms with E-state index in [0.29, 0.717) is 17.2 Å². The van der Waals surface area contributed by atoms with Crippen LogP contribution in [-0.2, 0) is 20.9 Å². The Morgan fingerprint density at radius 2 is 1.97 bits per heavy atom. The molecule has 4 rings (SSSR count). The molecule has 1 aliphatic carbocycles. The van der Waals surface area contributed by atoms with Gasteiger partial charge in [0, 0.05) is 17.9 Å². The molecule has 0 radical (unpaired) electrons. The average molecular weight is 424 g/mol. The van der Waals surface area contributed by atoms with Crippen LogP contribution in [0.15, 0.2) is 42.6 Å². The molecule has 0 bridgehead atoms. The number of carbonyl (C=O) groups excluding carboxylic acids is 3. The van der Waals surface area contributed by atoms with Crippen molar-refractivity contribution in [3.8, 4) is 0 Å². The minimum absolute atomic E-state index is 0.106. The zero-order valence-corrected chi connectivity index (χ0v) is 18.0. The van der Waals surface area contributed by atoms with Crippen molar-refractivity contribution in [2.75, 3.05) is 11.5 Å². The molecule has 2 amide bonds. The molecule has 1 aromatic carbocycles. The molecule has 0 spiro atoms. The zero-order valence-electron chi connectivity index (χ0n) is 18.0. The summed E-state index contributed by atoms with van der Waals surface area (Å²) in [6.45, 7) is 4.33. The van der Waals surface area contributed by atoms with Gasteiger partial charge in [0.25, 0.3) is 0 Å². The monoisotopic (exact) mass is 423 g/mol. The van der Waals surface area contributed by atoms with E-state index in [1.165, 1.54) is 11.3 Å². The van der Waals surface area contributed by atoms with E-state index < -0.39 is 12.0 Å². The van der Waals surface area contributed by atoms with Crippen molar-refractivity contribution in [1.82, 2.24) is 9.88 Å². The van der Waals surface area contributed by atoms with Gasteiger partial charge in [-0.15, -0.1) is 0 Å². The highest BCUT2D eigenvalue weighted by molar-refractivity contribution is 6.03. The molecule has 1 N–H and O–H groups in total. The van der Waals surface area contributed by atoms with E-state index in [1.807, 2.05) is 22.9 Å². The van der Waals surface area contributed by atoms with Crippen LogP contribution in [0.2, 0.25) is 0 Å². The Balaban J connectivity index is 1.68. The maximum atomic E-state index is 13.5. The largest absolute Gasteiger partial charge is 0.462 e. The van der Waals surface area contributed by atoms with Gasteiger partial charge in [0.1, 0.15) is 6.54 Å². The van der Waals surface area contributed by atoms with E-state index in [9.17, 15) is 14.4 Å². The lowest BCUT2D eigenvalue weighted by Gasteiger charge is -2.38. The highest BCUT2D eigenvalue weighted by atomic mass is 16.5. The standard InChI is InChI=1S/C24H29N3O4/c1-3-31-24(30)17-9-6-10-18(14-17)27-21(28)15-26-13-7-12-20(26)22(27)23(29)25-19-11-5-4-8-16(19)2/h6-7,9-10,12-14,16,19,22H,3-5,8,11,15H2,1-2H3,(H,25,29)/t16-,19-,22+/m0/s1. The zero-order chi connectivity index (χ0) is 22.0. The number of fused-ring (bicyclic) bond motifs is 1. The second-order valence-electron chi connectivity index (χ2n) is 8.37. The molecule has 1 fully saturated rings. The minimum atomic E-state index is -0.789. The molecule has 2 aromatic rings. The fourth-order valence-corrected chi connectivity index (χ4v) is 4.65. The van der Waals surface area contributed by atoms with Crippen molar-refractivity contribution in [1.29, 1.82) is 0 Å². The highest BCUT2D eigenvalue weighted by Gasteiger charge is 2.39. The van der Waals surface area contributed by atoms with Crippen molar-refractivity contribution < 1.29 is 19.1 Å². The lowest BCUT2D eigenvalue weighted by molar-refractivity contribution is -0.129. The summed E-state index contributed by atoms with van der Waals surface area (Å²) in [4.78, 5) is 40.4. The van der Waals surface area contributed by atoms with Crippen molar-refractivity contribution in [3.63, 3.8) is 0 Å². The summed E-state index contributed by atoms with van der Waals surface area (Å²) >= 11 is 0. The van der Waals surface area contributed by atoms with Crippen LogP contribution in [0, 0.1) is 5.92 Å².